The molecule has 0 saturated heterocycles. The zero-order chi connectivity index (χ0) is 12.0. The lowest BCUT2D eigenvalue weighted by Gasteiger charge is -2.03. The van der Waals surface area contributed by atoms with E-state index in [0.717, 1.165) is 17.4 Å². The third-order valence-electron chi connectivity index (χ3n) is 2.28. The molecule has 1 rings (SSSR count). The molecule has 0 spiro atoms. The molecule has 0 aromatic heterocycles. The second-order valence-electron chi connectivity index (χ2n) is 3.66. The average molecular weight is 288 g/mol. The number of carbonyl (C=O) groups is 1. The highest BCUT2D eigenvalue weighted by Gasteiger charge is 2.08. The van der Waals surface area contributed by atoms with Crippen LogP contribution in [0.3, 0.4) is 0 Å². The van der Waals surface area contributed by atoms with Crippen LogP contribution in [0.15, 0.2) is 22.7 Å². The summed E-state index contributed by atoms with van der Waals surface area (Å²) < 4.78 is 14.1. The van der Waals surface area contributed by atoms with Crippen LogP contribution in [0.1, 0.15) is 18.4 Å². The van der Waals surface area contributed by atoms with E-state index in [4.69, 9.17) is 0 Å². The van der Waals surface area contributed by atoms with Gasteiger partial charge in [0.25, 0.3) is 0 Å². The van der Waals surface area contributed by atoms with Gasteiger partial charge in [-0.2, -0.15) is 0 Å². The van der Waals surface area contributed by atoms with Gasteiger partial charge in [-0.05, 0) is 43.8 Å². The van der Waals surface area contributed by atoms with Gasteiger partial charge in [0.15, 0.2) is 0 Å². The topological polar surface area (TPSA) is 29.1 Å². The van der Waals surface area contributed by atoms with Gasteiger partial charge in [0.2, 0.25) is 0 Å². The molecule has 1 N–H and O–H groups in total. The number of ketones is 1. The van der Waals surface area contributed by atoms with Crippen LogP contribution in [0, 0.1) is 5.82 Å². The SMILES string of the molecule is CNCCCC(=O)Cc1cc(Br)ccc1F. The Balaban J connectivity index is 2.52. The fourth-order valence-electron chi connectivity index (χ4n) is 1.44. The molecule has 0 atom stereocenters. The van der Waals surface area contributed by atoms with Crippen LogP contribution >= 0.6 is 15.9 Å². The highest BCUT2D eigenvalue weighted by atomic mass is 79.9. The maximum absolute atomic E-state index is 13.3. The van der Waals surface area contributed by atoms with Crippen LogP contribution in [0.25, 0.3) is 0 Å². The van der Waals surface area contributed by atoms with Crippen molar-refractivity contribution >= 4 is 21.7 Å². The predicted octanol–water partition coefficient (Wildman–Crippen LogP) is 2.70. The van der Waals surface area contributed by atoms with E-state index in [0.29, 0.717) is 12.0 Å². The lowest BCUT2D eigenvalue weighted by Crippen LogP contribution is -2.11. The number of hydrogen-bond donors (Lipinski definition) is 1. The lowest BCUT2D eigenvalue weighted by atomic mass is 10.1. The van der Waals surface area contributed by atoms with Gasteiger partial charge in [-0.1, -0.05) is 15.9 Å². The van der Waals surface area contributed by atoms with Crippen molar-refractivity contribution in [2.75, 3.05) is 13.6 Å². The Morgan fingerprint density at radius 2 is 2.25 bits per heavy atom. The summed E-state index contributed by atoms with van der Waals surface area (Å²) in [5.41, 5.74) is 0.462. The van der Waals surface area contributed by atoms with Crippen molar-refractivity contribution in [2.45, 2.75) is 19.3 Å². The smallest absolute Gasteiger partial charge is 0.137 e. The molecule has 0 saturated carbocycles. The molecule has 0 radical (unpaired) electrons. The normalized spacial score (nSPS) is 10.4. The van der Waals surface area contributed by atoms with Crippen molar-refractivity contribution in [1.29, 1.82) is 0 Å². The average Bonchev–Trinajstić information content (AvgIpc) is 2.24. The molecule has 0 aliphatic heterocycles. The minimum atomic E-state index is -0.315. The monoisotopic (exact) mass is 287 g/mol. The summed E-state index contributed by atoms with van der Waals surface area (Å²) in [4.78, 5) is 11.5. The Labute approximate surface area is 103 Å². The summed E-state index contributed by atoms with van der Waals surface area (Å²) in [6.45, 7) is 0.812. The third kappa shape index (κ3) is 4.41. The van der Waals surface area contributed by atoms with Gasteiger partial charge in [-0.3, -0.25) is 4.79 Å². The zero-order valence-corrected chi connectivity index (χ0v) is 10.8. The predicted molar refractivity (Wildman–Crippen MR) is 66.0 cm³/mol. The van der Waals surface area contributed by atoms with E-state index in [1.807, 2.05) is 7.05 Å². The Hall–Kier alpha value is -0.740. The number of rotatable bonds is 6. The van der Waals surface area contributed by atoms with E-state index in [1.54, 1.807) is 12.1 Å². The highest BCUT2D eigenvalue weighted by Crippen LogP contribution is 2.16. The second kappa shape index (κ2) is 6.76. The first kappa shape index (κ1) is 13.3. The van der Waals surface area contributed by atoms with Crippen molar-refractivity contribution in [1.82, 2.24) is 5.32 Å². The van der Waals surface area contributed by atoms with Gasteiger partial charge in [-0.25, -0.2) is 4.39 Å². The first-order valence-corrected chi connectivity index (χ1v) is 6.03. The molecule has 0 aliphatic rings. The van der Waals surface area contributed by atoms with E-state index in [2.05, 4.69) is 21.2 Å². The molecule has 88 valence electrons. The minimum absolute atomic E-state index is 0.0762. The third-order valence-corrected chi connectivity index (χ3v) is 2.77. The van der Waals surface area contributed by atoms with Crippen molar-refractivity contribution in [3.63, 3.8) is 0 Å². The first-order valence-electron chi connectivity index (χ1n) is 5.23. The summed E-state index contributed by atoms with van der Waals surface area (Å²) in [5, 5.41) is 2.97. The highest BCUT2D eigenvalue weighted by molar-refractivity contribution is 9.10. The maximum atomic E-state index is 13.3. The molecule has 0 unspecified atom stereocenters. The number of hydrogen-bond acceptors (Lipinski definition) is 2. The number of Topliss-reactive ketones (excluding diaryl/α,β-unsaturated/α-hetero) is 1. The van der Waals surface area contributed by atoms with Crippen LogP contribution in [0.4, 0.5) is 4.39 Å². The summed E-state index contributed by atoms with van der Waals surface area (Å²) in [5.74, 6) is -0.239. The van der Waals surface area contributed by atoms with E-state index >= 15 is 0 Å². The summed E-state index contributed by atoms with van der Waals surface area (Å²) >= 11 is 3.26. The Bertz CT molecular complexity index is 368. The van der Waals surface area contributed by atoms with Gasteiger partial charge >= 0.3 is 0 Å². The molecular weight excluding hydrogens is 273 g/mol. The van der Waals surface area contributed by atoms with Crippen molar-refractivity contribution in [2.24, 2.45) is 0 Å². The second-order valence-corrected chi connectivity index (χ2v) is 4.57. The van der Waals surface area contributed by atoms with E-state index < -0.39 is 0 Å². The molecule has 16 heavy (non-hydrogen) atoms. The number of nitrogens with one attached hydrogen (secondary N) is 1. The Kier molecular flexibility index (Phi) is 5.63. The summed E-state index contributed by atoms with van der Waals surface area (Å²) in [6.07, 6.45) is 1.47. The van der Waals surface area contributed by atoms with Crippen LogP contribution < -0.4 is 5.32 Å². The van der Waals surface area contributed by atoms with Gasteiger partial charge < -0.3 is 5.32 Å². The van der Waals surface area contributed by atoms with Gasteiger partial charge in [0.05, 0.1) is 0 Å². The van der Waals surface area contributed by atoms with Gasteiger partial charge in [-0.15, -0.1) is 0 Å². The molecule has 1 aromatic carbocycles. The number of halogens is 2. The molecule has 2 nitrogen and oxygen atoms in total. The van der Waals surface area contributed by atoms with E-state index in [-0.39, 0.29) is 18.0 Å². The van der Waals surface area contributed by atoms with Gasteiger partial charge in [0.1, 0.15) is 11.6 Å². The standard InChI is InChI=1S/C12H15BrFNO/c1-15-6-2-3-11(16)8-9-7-10(13)4-5-12(9)14/h4-5,7,15H,2-3,6,8H2,1H3. The summed E-state index contributed by atoms with van der Waals surface area (Å²) in [6, 6.07) is 4.66. The molecule has 0 amide bonds. The zero-order valence-electron chi connectivity index (χ0n) is 9.22. The quantitative estimate of drug-likeness (QED) is 0.815. The van der Waals surface area contributed by atoms with Gasteiger partial charge in [0, 0.05) is 17.3 Å². The number of carbonyl (C=O) groups excluding carboxylic acids is 1. The summed E-state index contributed by atoms with van der Waals surface area (Å²) in [7, 11) is 1.85. The van der Waals surface area contributed by atoms with E-state index in [1.165, 1.54) is 6.07 Å². The van der Waals surface area contributed by atoms with Crippen molar-refractivity contribution < 1.29 is 9.18 Å². The molecule has 0 fully saturated rings. The van der Waals surface area contributed by atoms with Crippen molar-refractivity contribution in [3.8, 4) is 0 Å². The molecule has 0 bridgehead atoms. The van der Waals surface area contributed by atoms with Crippen LogP contribution in [0.5, 0.6) is 0 Å². The molecule has 0 aliphatic carbocycles. The molecular formula is C12H15BrFNO. The first-order chi connectivity index (χ1) is 7.63. The number of benzene rings is 1. The fraction of sp³-hybridized carbons (Fsp3) is 0.417. The maximum Gasteiger partial charge on any atom is 0.137 e. The minimum Gasteiger partial charge on any atom is -0.320 e. The largest absolute Gasteiger partial charge is 0.320 e. The molecule has 1 aromatic rings. The lowest BCUT2D eigenvalue weighted by molar-refractivity contribution is -0.118. The van der Waals surface area contributed by atoms with E-state index in [9.17, 15) is 9.18 Å². The van der Waals surface area contributed by atoms with Crippen molar-refractivity contribution in [3.05, 3.63) is 34.1 Å². The van der Waals surface area contributed by atoms with Crippen LogP contribution in [-0.2, 0) is 11.2 Å². The van der Waals surface area contributed by atoms with Crippen LogP contribution in [0.2, 0.25) is 0 Å². The fourth-order valence-corrected chi connectivity index (χ4v) is 1.85. The Morgan fingerprint density at radius 1 is 1.50 bits per heavy atom. The molecule has 0 heterocycles. The Morgan fingerprint density at radius 3 is 2.94 bits per heavy atom. The van der Waals surface area contributed by atoms with Crippen LogP contribution in [-0.4, -0.2) is 19.4 Å². The molecule has 4 heteroatoms.